The highest BCUT2D eigenvalue weighted by molar-refractivity contribution is 6.30. The third kappa shape index (κ3) is 2.34. The number of hydrogen-bond acceptors (Lipinski definition) is 2. The number of carbonyl (C=O) groups excluding carboxylic acids is 1. The molecule has 1 aliphatic carbocycles. The number of ether oxygens (including phenoxy) is 1. The molecule has 1 aliphatic heterocycles. The third-order valence-electron chi connectivity index (χ3n) is 5.21. The summed E-state index contributed by atoms with van der Waals surface area (Å²) >= 11 is 0. The van der Waals surface area contributed by atoms with Gasteiger partial charge in [0.2, 0.25) is 0 Å². The van der Waals surface area contributed by atoms with Crippen molar-refractivity contribution in [3.63, 3.8) is 0 Å². The Morgan fingerprint density at radius 1 is 0.870 bits per heavy atom. The molecule has 0 aromatic heterocycles. The van der Waals surface area contributed by atoms with Crippen LogP contribution in [0, 0.1) is 17.8 Å². The molecule has 2 aromatic carbocycles. The maximum absolute atomic E-state index is 13.1. The van der Waals surface area contributed by atoms with Crippen LogP contribution in [-0.4, -0.2) is 19.0 Å². The van der Waals surface area contributed by atoms with Gasteiger partial charge in [0.25, 0.3) is 0 Å². The zero-order chi connectivity index (χ0) is 15.8. The molecule has 2 aliphatic rings. The van der Waals surface area contributed by atoms with Gasteiger partial charge in [-0.05, 0) is 16.7 Å². The molecule has 116 valence electrons. The molecule has 1 saturated heterocycles. The molecule has 0 unspecified atom stereocenters. The Morgan fingerprint density at radius 2 is 1.48 bits per heavy atom. The summed E-state index contributed by atoms with van der Waals surface area (Å²) in [4.78, 5) is 13.1. The van der Waals surface area contributed by atoms with Crippen LogP contribution in [0.25, 0.3) is 11.1 Å². The molecule has 2 aromatic rings. The second kappa shape index (κ2) is 5.78. The summed E-state index contributed by atoms with van der Waals surface area (Å²) in [7, 11) is 0. The van der Waals surface area contributed by atoms with Crippen molar-refractivity contribution in [2.75, 3.05) is 13.2 Å². The van der Waals surface area contributed by atoms with Gasteiger partial charge in [-0.3, -0.25) is 4.79 Å². The van der Waals surface area contributed by atoms with Crippen molar-refractivity contribution in [2.45, 2.75) is 6.92 Å². The lowest BCUT2D eigenvalue weighted by molar-refractivity contribution is -0.118. The van der Waals surface area contributed by atoms with E-state index in [-0.39, 0.29) is 11.7 Å². The number of ketones is 1. The highest BCUT2D eigenvalue weighted by Gasteiger charge is 2.45. The first kappa shape index (κ1) is 14.4. The number of benzene rings is 2. The van der Waals surface area contributed by atoms with E-state index >= 15 is 0 Å². The van der Waals surface area contributed by atoms with Crippen LogP contribution in [0.15, 0.2) is 60.7 Å². The van der Waals surface area contributed by atoms with Crippen molar-refractivity contribution in [2.24, 2.45) is 17.8 Å². The van der Waals surface area contributed by atoms with E-state index in [1.54, 1.807) is 0 Å². The van der Waals surface area contributed by atoms with Gasteiger partial charge in [0.1, 0.15) is 0 Å². The molecule has 2 nitrogen and oxygen atoms in total. The Balaban J connectivity index is 1.98. The molecule has 1 fully saturated rings. The van der Waals surface area contributed by atoms with Gasteiger partial charge in [0, 0.05) is 23.3 Å². The standard InChI is InChI=1S/C21H20O2/c1-14-17-12-23-13-18(17)19(15-8-4-2-5-9-15)20(21(14)22)16-10-6-3-7-11-16/h2-11,14,17-18H,12-13H2,1H3/t14-,17-,18+/m1/s1. The number of allylic oxidation sites excluding steroid dienone is 1. The van der Waals surface area contributed by atoms with Crippen molar-refractivity contribution in [3.8, 4) is 0 Å². The Morgan fingerprint density at radius 3 is 2.13 bits per heavy atom. The SMILES string of the molecule is C[C@H]1C(=O)C(c2ccccc2)=C(c2ccccc2)[C@H]2COC[C@@H]21. The topological polar surface area (TPSA) is 26.3 Å². The molecule has 0 N–H and O–H groups in total. The van der Waals surface area contributed by atoms with Gasteiger partial charge in [-0.25, -0.2) is 0 Å². The molecule has 0 spiro atoms. The summed E-state index contributed by atoms with van der Waals surface area (Å²) in [6.45, 7) is 3.46. The molecule has 0 radical (unpaired) electrons. The highest BCUT2D eigenvalue weighted by Crippen LogP contribution is 2.47. The molecule has 4 rings (SSSR count). The predicted octanol–water partition coefficient (Wildman–Crippen LogP) is 4.08. The summed E-state index contributed by atoms with van der Waals surface area (Å²) in [6, 6.07) is 20.4. The maximum atomic E-state index is 13.1. The minimum atomic E-state index is 0.0187. The van der Waals surface area contributed by atoms with Gasteiger partial charge in [-0.1, -0.05) is 67.6 Å². The number of hydrogen-bond donors (Lipinski definition) is 0. The minimum absolute atomic E-state index is 0.0187. The van der Waals surface area contributed by atoms with E-state index in [1.807, 2.05) is 48.5 Å². The number of carbonyl (C=O) groups is 1. The second-order valence-electron chi connectivity index (χ2n) is 6.48. The summed E-state index contributed by atoms with van der Waals surface area (Å²) in [6.07, 6.45) is 0. The molecule has 0 bridgehead atoms. The van der Waals surface area contributed by atoms with Gasteiger partial charge in [-0.2, -0.15) is 0 Å². The van der Waals surface area contributed by atoms with Crippen LogP contribution >= 0.6 is 0 Å². The lowest BCUT2D eigenvalue weighted by Crippen LogP contribution is -2.34. The molecule has 0 amide bonds. The van der Waals surface area contributed by atoms with E-state index in [4.69, 9.17) is 4.74 Å². The third-order valence-corrected chi connectivity index (χ3v) is 5.21. The minimum Gasteiger partial charge on any atom is -0.380 e. The van der Waals surface area contributed by atoms with E-state index in [0.717, 1.165) is 16.7 Å². The quantitative estimate of drug-likeness (QED) is 0.835. The summed E-state index contributed by atoms with van der Waals surface area (Å²) in [5.74, 6) is 0.873. The van der Waals surface area contributed by atoms with E-state index in [2.05, 4.69) is 19.1 Å². The Bertz CT molecular complexity index is 746. The van der Waals surface area contributed by atoms with Crippen LogP contribution in [0.2, 0.25) is 0 Å². The molecular weight excluding hydrogens is 284 g/mol. The zero-order valence-corrected chi connectivity index (χ0v) is 13.2. The average Bonchev–Trinajstić information content (AvgIpc) is 3.09. The number of rotatable bonds is 2. The average molecular weight is 304 g/mol. The summed E-state index contributed by atoms with van der Waals surface area (Å²) < 4.78 is 5.76. The normalized spacial score (nSPS) is 27.2. The fourth-order valence-corrected chi connectivity index (χ4v) is 3.98. The van der Waals surface area contributed by atoms with E-state index < -0.39 is 0 Å². The van der Waals surface area contributed by atoms with Crippen molar-refractivity contribution in [1.29, 1.82) is 0 Å². The van der Waals surface area contributed by atoms with Crippen molar-refractivity contribution < 1.29 is 9.53 Å². The van der Waals surface area contributed by atoms with Crippen LogP contribution in [0.1, 0.15) is 18.1 Å². The monoisotopic (exact) mass is 304 g/mol. The molecule has 3 atom stereocenters. The van der Waals surface area contributed by atoms with Crippen LogP contribution in [0.5, 0.6) is 0 Å². The molecule has 1 heterocycles. The number of fused-ring (bicyclic) bond motifs is 1. The van der Waals surface area contributed by atoms with Crippen molar-refractivity contribution in [3.05, 3.63) is 71.8 Å². The fourth-order valence-electron chi connectivity index (χ4n) is 3.98. The van der Waals surface area contributed by atoms with Gasteiger partial charge in [0.05, 0.1) is 13.2 Å². The highest BCUT2D eigenvalue weighted by atomic mass is 16.5. The van der Waals surface area contributed by atoms with Crippen LogP contribution < -0.4 is 0 Å². The molecule has 23 heavy (non-hydrogen) atoms. The largest absolute Gasteiger partial charge is 0.380 e. The zero-order valence-electron chi connectivity index (χ0n) is 13.2. The first-order valence-corrected chi connectivity index (χ1v) is 8.24. The van der Waals surface area contributed by atoms with Crippen LogP contribution in [0.4, 0.5) is 0 Å². The Labute approximate surface area is 136 Å². The van der Waals surface area contributed by atoms with Gasteiger partial charge >= 0.3 is 0 Å². The van der Waals surface area contributed by atoms with E-state index in [1.165, 1.54) is 5.57 Å². The van der Waals surface area contributed by atoms with Gasteiger partial charge < -0.3 is 4.74 Å². The lowest BCUT2D eigenvalue weighted by Gasteiger charge is -2.34. The lowest BCUT2D eigenvalue weighted by atomic mass is 9.67. The fraction of sp³-hybridized carbons (Fsp3) is 0.286. The van der Waals surface area contributed by atoms with Gasteiger partial charge in [0.15, 0.2) is 5.78 Å². The Kier molecular flexibility index (Phi) is 3.62. The van der Waals surface area contributed by atoms with Gasteiger partial charge in [-0.15, -0.1) is 0 Å². The van der Waals surface area contributed by atoms with Crippen LogP contribution in [0.3, 0.4) is 0 Å². The first-order valence-electron chi connectivity index (χ1n) is 8.24. The first-order chi connectivity index (χ1) is 11.3. The van der Waals surface area contributed by atoms with Crippen LogP contribution in [-0.2, 0) is 9.53 Å². The predicted molar refractivity (Wildman–Crippen MR) is 91.7 cm³/mol. The molecule has 2 heteroatoms. The van der Waals surface area contributed by atoms with Crippen molar-refractivity contribution >= 4 is 16.9 Å². The summed E-state index contributed by atoms with van der Waals surface area (Å²) in [5, 5.41) is 0. The number of Topliss-reactive ketones (excluding diaryl/α,β-unsaturated/α-hetero) is 1. The second-order valence-corrected chi connectivity index (χ2v) is 6.48. The van der Waals surface area contributed by atoms with E-state index in [0.29, 0.717) is 25.0 Å². The van der Waals surface area contributed by atoms with E-state index in [9.17, 15) is 4.79 Å². The smallest absolute Gasteiger partial charge is 0.166 e. The molecular formula is C21H20O2. The summed E-state index contributed by atoms with van der Waals surface area (Å²) in [5.41, 5.74) is 4.22. The Hall–Kier alpha value is -2.19. The maximum Gasteiger partial charge on any atom is 0.166 e. The van der Waals surface area contributed by atoms with Crippen molar-refractivity contribution in [1.82, 2.24) is 0 Å². The molecule has 0 saturated carbocycles.